The van der Waals surface area contributed by atoms with E-state index in [-0.39, 0.29) is 16.8 Å². The minimum atomic E-state index is -0.731. The number of anilines is 1. The summed E-state index contributed by atoms with van der Waals surface area (Å²) in [6, 6.07) is 11.3. The number of aromatic nitrogens is 1. The SMILES string of the molecule is COC(=O)c1ccc(C2c3c(oc4ccc(C)cc4c3=O)C(=O)N2c2nc(C)c(C)s2)cc1. The van der Waals surface area contributed by atoms with E-state index < -0.39 is 17.9 Å². The summed E-state index contributed by atoms with van der Waals surface area (Å²) in [4.78, 5) is 46.2. The van der Waals surface area contributed by atoms with Gasteiger partial charge in [0.1, 0.15) is 5.58 Å². The summed E-state index contributed by atoms with van der Waals surface area (Å²) in [6.07, 6.45) is 0. The number of thiazole rings is 1. The number of benzene rings is 2. The van der Waals surface area contributed by atoms with E-state index in [1.54, 1.807) is 36.4 Å². The summed E-state index contributed by atoms with van der Waals surface area (Å²) in [6.45, 7) is 5.71. The molecule has 2 aromatic carbocycles. The molecule has 7 nitrogen and oxygen atoms in total. The molecule has 33 heavy (non-hydrogen) atoms. The Hall–Kier alpha value is -3.78. The molecule has 1 aliphatic heterocycles. The van der Waals surface area contributed by atoms with Crippen LogP contribution in [0, 0.1) is 20.8 Å². The van der Waals surface area contributed by atoms with E-state index in [1.807, 2.05) is 26.8 Å². The Labute approximate surface area is 193 Å². The number of ether oxygens (including phenoxy) is 1. The molecule has 2 aromatic heterocycles. The fourth-order valence-electron chi connectivity index (χ4n) is 4.08. The molecule has 3 heterocycles. The molecule has 166 valence electrons. The van der Waals surface area contributed by atoms with Crippen molar-refractivity contribution in [1.82, 2.24) is 4.98 Å². The molecular weight excluding hydrogens is 440 g/mol. The number of rotatable bonds is 3. The molecule has 0 fully saturated rings. The molecule has 8 heteroatoms. The van der Waals surface area contributed by atoms with Crippen LogP contribution in [0.2, 0.25) is 0 Å². The van der Waals surface area contributed by atoms with E-state index in [9.17, 15) is 14.4 Å². The lowest BCUT2D eigenvalue weighted by molar-refractivity contribution is 0.0600. The second-order valence-electron chi connectivity index (χ2n) is 8.00. The standard InChI is InChI=1S/C25H20N2O5S/c1-12-5-10-18-17(11-12)21(28)19-20(15-6-8-16(9-7-15)24(30)31-4)27(23(29)22(19)32-18)25-26-13(2)14(3)33-25/h5-11,20H,1-4H3. The van der Waals surface area contributed by atoms with Crippen molar-refractivity contribution in [2.45, 2.75) is 26.8 Å². The molecule has 0 N–H and O–H groups in total. The highest BCUT2D eigenvalue weighted by Crippen LogP contribution is 2.43. The Kier molecular flexibility index (Phi) is 4.90. The molecule has 0 saturated heterocycles. The van der Waals surface area contributed by atoms with Crippen LogP contribution in [0.15, 0.2) is 51.7 Å². The topological polar surface area (TPSA) is 89.7 Å². The van der Waals surface area contributed by atoms with Crippen molar-refractivity contribution in [3.05, 3.63) is 91.3 Å². The molecule has 0 bridgehead atoms. The quantitative estimate of drug-likeness (QED) is 0.411. The number of methoxy groups -OCH3 is 1. The Morgan fingerprint density at radius 1 is 1.09 bits per heavy atom. The number of hydrogen-bond acceptors (Lipinski definition) is 7. The maximum absolute atomic E-state index is 13.6. The number of amides is 1. The highest BCUT2D eigenvalue weighted by Gasteiger charge is 2.45. The molecule has 0 saturated carbocycles. The third kappa shape index (κ3) is 3.25. The zero-order chi connectivity index (χ0) is 23.4. The molecule has 1 amide bonds. The summed E-state index contributed by atoms with van der Waals surface area (Å²) in [5.74, 6) is -0.863. The van der Waals surface area contributed by atoms with Crippen molar-refractivity contribution in [3.63, 3.8) is 0 Å². The molecule has 0 radical (unpaired) electrons. The number of fused-ring (bicyclic) bond motifs is 2. The Bertz CT molecular complexity index is 1480. The maximum Gasteiger partial charge on any atom is 0.337 e. The van der Waals surface area contributed by atoms with Gasteiger partial charge in [-0.15, -0.1) is 11.3 Å². The third-order valence-electron chi connectivity index (χ3n) is 5.90. The van der Waals surface area contributed by atoms with Gasteiger partial charge in [0.15, 0.2) is 10.6 Å². The van der Waals surface area contributed by atoms with Gasteiger partial charge in [0, 0.05) is 4.88 Å². The number of carbonyl (C=O) groups excluding carboxylic acids is 2. The van der Waals surface area contributed by atoms with Gasteiger partial charge in [0.25, 0.3) is 5.91 Å². The first kappa shape index (κ1) is 21.1. The van der Waals surface area contributed by atoms with Crippen molar-refractivity contribution in [2.75, 3.05) is 12.0 Å². The smallest absolute Gasteiger partial charge is 0.337 e. The van der Waals surface area contributed by atoms with Gasteiger partial charge in [-0.05, 0) is 50.6 Å². The fraction of sp³-hybridized carbons (Fsp3) is 0.200. The predicted molar refractivity (Wildman–Crippen MR) is 125 cm³/mol. The van der Waals surface area contributed by atoms with Gasteiger partial charge in [-0.1, -0.05) is 23.8 Å². The molecule has 0 spiro atoms. The zero-order valence-electron chi connectivity index (χ0n) is 18.5. The molecule has 0 aliphatic carbocycles. The van der Waals surface area contributed by atoms with E-state index in [0.29, 0.717) is 27.2 Å². The minimum absolute atomic E-state index is 0.0175. The van der Waals surface area contributed by atoms with Crippen molar-refractivity contribution in [1.29, 1.82) is 0 Å². The molecule has 4 aromatic rings. The van der Waals surface area contributed by atoms with E-state index in [2.05, 4.69) is 4.98 Å². The van der Waals surface area contributed by atoms with E-state index >= 15 is 0 Å². The van der Waals surface area contributed by atoms with E-state index in [1.165, 1.54) is 23.3 Å². The van der Waals surface area contributed by atoms with Crippen molar-refractivity contribution in [2.24, 2.45) is 0 Å². The molecule has 1 unspecified atom stereocenters. The number of aryl methyl sites for hydroxylation is 3. The normalized spacial score (nSPS) is 15.2. The first-order valence-electron chi connectivity index (χ1n) is 10.3. The van der Waals surface area contributed by atoms with Crippen molar-refractivity contribution < 1.29 is 18.7 Å². The second kappa shape index (κ2) is 7.67. The van der Waals surface area contributed by atoms with Crippen LogP contribution in [0.1, 0.15) is 54.2 Å². The average Bonchev–Trinajstić information content (AvgIpc) is 3.29. The van der Waals surface area contributed by atoms with Gasteiger partial charge in [0.2, 0.25) is 5.76 Å². The van der Waals surface area contributed by atoms with Crippen LogP contribution in [0.5, 0.6) is 0 Å². The largest absolute Gasteiger partial charge is 0.465 e. The molecule has 1 aliphatic rings. The monoisotopic (exact) mass is 460 g/mol. The lowest BCUT2D eigenvalue weighted by atomic mass is 9.97. The summed E-state index contributed by atoms with van der Waals surface area (Å²) in [7, 11) is 1.31. The van der Waals surface area contributed by atoms with Crippen LogP contribution in [0.25, 0.3) is 11.0 Å². The van der Waals surface area contributed by atoms with Gasteiger partial charge in [-0.2, -0.15) is 0 Å². The van der Waals surface area contributed by atoms with Crippen LogP contribution >= 0.6 is 11.3 Å². The summed E-state index contributed by atoms with van der Waals surface area (Å²) in [5.41, 5.74) is 3.16. The predicted octanol–water partition coefficient (Wildman–Crippen LogP) is 4.71. The second-order valence-corrected chi connectivity index (χ2v) is 9.18. The zero-order valence-corrected chi connectivity index (χ0v) is 19.3. The highest BCUT2D eigenvalue weighted by molar-refractivity contribution is 7.15. The van der Waals surface area contributed by atoms with Crippen molar-refractivity contribution >= 4 is 39.3 Å². The highest BCUT2D eigenvalue weighted by atomic mass is 32.1. The van der Waals surface area contributed by atoms with Crippen LogP contribution in [-0.4, -0.2) is 24.0 Å². The lowest BCUT2D eigenvalue weighted by Gasteiger charge is -2.22. The van der Waals surface area contributed by atoms with E-state index in [0.717, 1.165) is 16.1 Å². The average molecular weight is 461 g/mol. The number of nitrogens with zero attached hydrogens (tertiary/aromatic N) is 2. The van der Waals surface area contributed by atoms with Gasteiger partial charge >= 0.3 is 5.97 Å². The van der Waals surface area contributed by atoms with Gasteiger partial charge in [-0.3, -0.25) is 14.5 Å². The number of hydrogen-bond donors (Lipinski definition) is 0. The summed E-state index contributed by atoms with van der Waals surface area (Å²) >= 11 is 1.38. The van der Waals surface area contributed by atoms with Crippen LogP contribution in [0.3, 0.4) is 0 Å². The van der Waals surface area contributed by atoms with E-state index in [4.69, 9.17) is 9.15 Å². The Morgan fingerprint density at radius 3 is 2.45 bits per heavy atom. The van der Waals surface area contributed by atoms with Crippen LogP contribution < -0.4 is 10.3 Å². The Balaban J connectivity index is 1.77. The lowest BCUT2D eigenvalue weighted by Crippen LogP contribution is -2.29. The number of esters is 1. The Morgan fingerprint density at radius 2 is 1.82 bits per heavy atom. The van der Waals surface area contributed by atoms with Crippen LogP contribution in [-0.2, 0) is 4.74 Å². The molecule has 5 rings (SSSR count). The maximum atomic E-state index is 13.6. The fourth-order valence-corrected chi connectivity index (χ4v) is 5.01. The summed E-state index contributed by atoms with van der Waals surface area (Å²) < 4.78 is 10.8. The minimum Gasteiger partial charge on any atom is -0.465 e. The third-order valence-corrected chi connectivity index (χ3v) is 6.97. The first-order valence-corrected chi connectivity index (χ1v) is 11.1. The molecule has 1 atom stereocenters. The van der Waals surface area contributed by atoms with Crippen molar-refractivity contribution in [3.8, 4) is 0 Å². The van der Waals surface area contributed by atoms with Gasteiger partial charge in [-0.25, -0.2) is 9.78 Å². The van der Waals surface area contributed by atoms with Gasteiger partial charge < -0.3 is 9.15 Å². The number of carbonyl (C=O) groups is 2. The van der Waals surface area contributed by atoms with Gasteiger partial charge in [0.05, 0.1) is 35.4 Å². The molecular formula is C25H20N2O5S. The summed E-state index contributed by atoms with van der Waals surface area (Å²) in [5, 5.41) is 0.911. The first-order chi connectivity index (χ1) is 15.8. The van der Waals surface area contributed by atoms with Crippen LogP contribution in [0.4, 0.5) is 5.13 Å².